The molecule has 1 saturated heterocycles. The Hall–Kier alpha value is -0.680. The van der Waals surface area contributed by atoms with Crippen LogP contribution in [0.2, 0.25) is 0 Å². The first kappa shape index (κ1) is 10.8. The van der Waals surface area contributed by atoms with E-state index in [4.69, 9.17) is 4.74 Å². The normalized spacial score (nSPS) is 20.8. The van der Waals surface area contributed by atoms with Crippen LogP contribution >= 0.6 is 15.9 Å². The predicted octanol–water partition coefficient (Wildman–Crippen LogP) is 1.60. The zero-order valence-electron chi connectivity index (χ0n) is 8.55. The molecule has 0 amide bonds. The van der Waals surface area contributed by atoms with Gasteiger partial charge in [-0.1, -0.05) is 6.92 Å². The predicted molar refractivity (Wildman–Crippen MR) is 60.1 cm³/mol. The Morgan fingerprint density at radius 2 is 2.47 bits per heavy atom. The number of halogens is 1. The van der Waals surface area contributed by atoms with E-state index in [9.17, 15) is 4.79 Å². The lowest BCUT2D eigenvalue weighted by Gasteiger charge is -2.08. The van der Waals surface area contributed by atoms with Gasteiger partial charge in [-0.15, -0.1) is 0 Å². The van der Waals surface area contributed by atoms with E-state index in [1.807, 2.05) is 6.92 Å². The molecule has 1 aliphatic rings. The molecular formula is C10H13BrN2O2. The van der Waals surface area contributed by atoms with Gasteiger partial charge in [-0.3, -0.25) is 4.79 Å². The van der Waals surface area contributed by atoms with Gasteiger partial charge in [0, 0.05) is 12.5 Å². The number of aromatic amines is 1. The molecule has 1 unspecified atom stereocenters. The van der Waals surface area contributed by atoms with Gasteiger partial charge in [0.05, 0.1) is 12.3 Å². The molecule has 5 heteroatoms. The highest BCUT2D eigenvalue weighted by Gasteiger charge is 2.21. The fourth-order valence-electron chi connectivity index (χ4n) is 1.70. The minimum Gasteiger partial charge on any atom is -0.381 e. The van der Waals surface area contributed by atoms with Gasteiger partial charge in [0.2, 0.25) is 0 Å². The summed E-state index contributed by atoms with van der Waals surface area (Å²) in [4.78, 5) is 18.8. The van der Waals surface area contributed by atoms with Crippen LogP contribution in [0.1, 0.15) is 30.8 Å². The molecule has 0 bridgehead atoms. The maximum Gasteiger partial charge on any atom is 0.265 e. The van der Waals surface area contributed by atoms with Gasteiger partial charge in [0.25, 0.3) is 5.56 Å². The van der Waals surface area contributed by atoms with Crippen molar-refractivity contribution in [3.63, 3.8) is 0 Å². The second-order valence-corrected chi connectivity index (χ2v) is 4.42. The summed E-state index contributed by atoms with van der Waals surface area (Å²) in [6.07, 6.45) is 1.69. The lowest BCUT2D eigenvalue weighted by Crippen LogP contribution is -2.18. The van der Waals surface area contributed by atoms with Gasteiger partial charge in [-0.2, -0.15) is 0 Å². The number of aromatic nitrogens is 2. The quantitative estimate of drug-likeness (QED) is 0.890. The Kier molecular flexibility index (Phi) is 3.21. The highest BCUT2D eigenvalue weighted by Crippen LogP contribution is 2.22. The number of ether oxygens (including phenoxy) is 1. The molecule has 0 spiro atoms. The summed E-state index contributed by atoms with van der Waals surface area (Å²) in [5, 5.41) is 0. The van der Waals surface area contributed by atoms with Gasteiger partial charge in [-0.05, 0) is 28.8 Å². The summed E-state index contributed by atoms with van der Waals surface area (Å²) in [5.41, 5.74) is 0.726. The van der Waals surface area contributed by atoms with Crippen molar-refractivity contribution in [2.75, 3.05) is 13.2 Å². The Balaban J connectivity index is 2.40. The third kappa shape index (κ3) is 2.13. The van der Waals surface area contributed by atoms with Crippen LogP contribution in [-0.4, -0.2) is 23.2 Å². The van der Waals surface area contributed by atoms with Gasteiger partial charge >= 0.3 is 0 Å². The summed E-state index contributed by atoms with van der Waals surface area (Å²) < 4.78 is 5.83. The highest BCUT2D eigenvalue weighted by atomic mass is 79.9. The van der Waals surface area contributed by atoms with Crippen molar-refractivity contribution in [1.29, 1.82) is 0 Å². The minimum absolute atomic E-state index is 0.0938. The number of nitrogens with one attached hydrogen (secondary N) is 1. The van der Waals surface area contributed by atoms with E-state index in [0.29, 0.717) is 11.1 Å². The second kappa shape index (κ2) is 4.45. The van der Waals surface area contributed by atoms with Crippen LogP contribution in [0, 0.1) is 0 Å². The lowest BCUT2D eigenvalue weighted by molar-refractivity contribution is 0.193. The van der Waals surface area contributed by atoms with Crippen LogP contribution < -0.4 is 5.56 Å². The molecule has 1 aliphatic heterocycles. The summed E-state index contributed by atoms with van der Waals surface area (Å²) in [7, 11) is 0. The van der Waals surface area contributed by atoms with Crippen LogP contribution in [0.25, 0.3) is 0 Å². The van der Waals surface area contributed by atoms with Crippen LogP contribution in [0.15, 0.2) is 9.27 Å². The Bertz CT molecular complexity index is 410. The molecule has 82 valence electrons. The summed E-state index contributed by atoms with van der Waals surface area (Å²) in [6.45, 7) is 3.40. The fraction of sp³-hybridized carbons (Fsp3) is 0.600. The topological polar surface area (TPSA) is 55.0 Å². The Morgan fingerprint density at radius 1 is 1.67 bits per heavy atom. The standard InChI is InChI=1S/C10H13BrN2O2/c1-2-7-8(11)10(14)13-9(12-7)6-3-4-15-5-6/h6H,2-5H2,1H3,(H,12,13,14). The van der Waals surface area contributed by atoms with Crippen molar-refractivity contribution < 1.29 is 4.74 Å². The molecule has 0 radical (unpaired) electrons. The molecule has 1 aromatic rings. The second-order valence-electron chi connectivity index (χ2n) is 3.63. The summed E-state index contributed by atoms with van der Waals surface area (Å²) >= 11 is 3.25. The van der Waals surface area contributed by atoms with E-state index < -0.39 is 0 Å². The molecule has 1 N–H and O–H groups in total. The third-order valence-electron chi connectivity index (χ3n) is 2.60. The van der Waals surface area contributed by atoms with Crippen LogP contribution in [-0.2, 0) is 11.2 Å². The number of hydrogen-bond acceptors (Lipinski definition) is 3. The molecule has 1 fully saturated rings. The Labute approximate surface area is 96.2 Å². The van der Waals surface area contributed by atoms with Crippen LogP contribution in [0.4, 0.5) is 0 Å². The van der Waals surface area contributed by atoms with Gasteiger partial charge in [-0.25, -0.2) is 4.98 Å². The van der Waals surface area contributed by atoms with Crippen molar-refractivity contribution in [2.24, 2.45) is 0 Å². The average Bonchev–Trinajstić information content (AvgIpc) is 2.75. The van der Waals surface area contributed by atoms with E-state index in [1.54, 1.807) is 0 Å². The SMILES string of the molecule is CCc1nc(C2CCOC2)[nH]c(=O)c1Br. The largest absolute Gasteiger partial charge is 0.381 e. The number of nitrogens with zero attached hydrogens (tertiary/aromatic N) is 1. The molecule has 0 saturated carbocycles. The highest BCUT2D eigenvalue weighted by molar-refractivity contribution is 9.10. The molecule has 4 nitrogen and oxygen atoms in total. The molecule has 2 heterocycles. The molecular weight excluding hydrogens is 260 g/mol. The molecule has 2 rings (SSSR count). The number of H-pyrrole nitrogens is 1. The van der Waals surface area contributed by atoms with Crippen LogP contribution in [0.3, 0.4) is 0 Å². The summed E-state index contributed by atoms with van der Waals surface area (Å²) in [5.74, 6) is 1.01. The zero-order chi connectivity index (χ0) is 10.8. The average molecular weight is 273 g/mol. The first-order valence-electron chi connectivity index (χ1n) is 5.08. The minimum atomic E-state index is -0.0938. The zero-order valence-corrected chi connectivity index (χ0v) is 10.1. The molecule has 0 aliphatic carbocycles. The van der Waals surface area contributed by atoms with Gasteiger partial charge in [0.15, 0.2) is 0 Å². The maximum atomic E-state index is 11.6. The smallest absolute Gasteiger partial charge is 0.265 e. The summed E-state index contributed by atoms with van der Waals surface area (Å²) in [6, 6.07) is 0. The van der Waals surface area contributed by atoms with Crippen molar-refractivity contribution in [2.45, 2.75) is 25.7 Å². The molecule has 0 aromatic carbocycles. The first-order chi connectivity index (χ1) is 7.22. The van der Waals surface area contributed by atoms with Crippen molar-refractivity contribution in [1.82, 2.24) is 9.97 Å². The van der Waals surface area contributed by atoms with Crippen molar-refractivity contribution in [3.8, 4) is 0 Å². The van der Waals surface area contributed by atoms with E-state index in [2.05, 4.69) is 25.9 Å². The lowest BCUT2D eigenvalue weighted by atomic mass is 10.1. The molecule has 15 heavy (non-hydrogen) atoms. The van der Waals surface area contributed by atoms with Gasteiger partial charge < -0.3 is 9.72 Å². The monoisotopic (exact) mass is 272 g/mol. The van der Waals surface area contributed by atoms with E-state index in [0.717, 1.165) is 31.0 Å². The maximum absolute atomic E-state index is 11.6. The Morgan fingerprint density at radius 3 is 3.07 bits per heavy atom. The van der Waals surface area contributed by atoms with Gasteiger partial charge in [0.1, 0.15) is 10.3 Å². The molecule has 1 aromatic heterocycles. The van der Waals surface area contributed by atoms with Crippen LogP contribution in [0.5, 0.6) is 0 Å². The van der Waals surface area contributed by atoms with E-state index in [-0.39, 0.29) is 11.5 Å². The number of rotatable bonds is 2. The fourth-order valence-corrected chi connectivity index (χ4v) is 2.17. The van der Waals surface area contributed by atoms with E-state index >= 15 is 0 Å². The number of aryl methyl sites for hydroxylation is 1. The third-order valence-corrected chi connectivity index (χ3v) is 3.42. The number of hydrogen-bond donors (Lipinski definition) is 1. The first-order valence-corrected chi connectivity index (χ1v) is 5.88. The van der Waals surface area contributed by atoms with Crippen molar-refractivity contribution >= 4 is 15.9 Å². The van der Waals surface area contributed by atoms with E-state index in [1.165, 1.54) is 0 Å². The molecule has 1 atom stereocenters. The van der Waals surface area contributed by atoms with Crippen molar-refractivity contribution in [3.05, 3.63) is 26.3 Å².